The zero-order valence-electron chi connectivity index (χ0n) is 12.3. The van der Waals surface area contributed by atoms with Gasteiger partial charge in [0.2, 0.25) is 5.91 Å². The van der Waals surface area contributed by atoms with E-state index >= 15 is 0 Å². The summed E-state index contributed by atoms with van der Waals surface area (Å²) >= 11 is 0. The van der Waals surface area contributed by atoms with Crippen molar-refractivity contribution in [1.29, 1.82) is 0 Å². The summed E-state index contributed by atoms with van der Waals surface area (Å²) in [5.41, 5.74) is 0.768. The molecule has 116 valence electrons. The van der Waals surface area contributed by atoms with Crippen LogP contribution in [0.2, 0.25) is 0 Å². The van der Waals surface area contributed by atoms with Crippen LogP contribution in [0.25, 0.3) is 0 Å². The molecular weight excluding hydrogens is 288 g/mol. The average molecular weight is 310 g/mol. The Bertz CT molecular complexity index is 566. The van der Waals surface area contributed by atoms with E-state index in [0.717, 1.165) is 31.4 Å². The van der Waals surface area contributed by atoms with Crippen molar-refractivity contribution in [2.75, 3.05) is 5.75 Å². The maximum atomic E-state index is 12.1. The van der Waals surface area contributed by atoms with Gasteiger partial charge in [0.25, 0.3) is 0 Å². The Hall–Kier alpha value is -1.43. The second-order valence-corrected chi connectivity index (χ2v) is 7.97. The normalized spacial score (nSPS) is 17.6. The van der Waals surface area contributed by atoms with Gasteiger partial charge < -0.3 is 5.32 Å². The highest BCUT2D eigenvalue weighted by Crippen LogP contribution is 2.25. The molecule has 1 aromatic heterocycles. The molecule has 1 aliphatic carbocycles. The number of carbonyl (C=O) groups excluding carboxylic acids is 1. The van der Waals surface area contributed by atoms with Crippen molar-refractivity contribution in [3.8, 4) is 0 Å². The first-order valence-corrected chi connectivity index (χ1v) is 9.12. The summed E-state index contributed by atoms with van der Waals surface area (Å²) in [6, 6.07) is 5.29. The van der Waals surface area contributed by atoms with E-state index in [4.69, 9.17) is 0 Å². The Morgan fingerprint density at radius 1 is 1.38 bits per heavy atom. The third-order valence-corrected chi connectivity index (χ3v) is 6.19. The summed E-state index contributed by atoms with van der Waals surface area (Å²) in [4.78, 5) is 16.1. The molecule has 21 heavy (non-hydrogen) atoms. The maximum absolute atomic E-state index is 12.1. The first-order valence-electron chi connectivity index (χ1n) is 7.41. The summed E-state index contributed by atoms with van der Waals surface area (Å²) in [7, 11) is -3.13. The number of carbonyl (C=O) groups is 1. The second-order valence-electron chi connectivity index (χ2n) is 5.57. The van der Waals surface area contributed by atoms with E-state index in [1.807, 2.05) is 25.1 Å². The Labute approximate surface area is 126 Å². The van der Waals surface area contributed by atoms with Crippen molar-refractivity contribution in [3.63, 3.8) is 0 Å². The van der Waals surface area contributed by atoms with Crippen LogP contribution in [0.5, 0.6) is 0 Å². The molecule has 1 aliphatic rings. The zero-order valence-corrected chi connectivity index (χ0v) is 13.1. The number of aromatic nitrogens is 1. The standard InChI is InChI=1S/C15H22N2O3S/c1-12(14-8-4-5-10-16-14)17-15(18)9-11-21(19,20)13-6-2-3-7-13/h4-5,8,10,12-13H,2-3,6-7,9,11H2,1H3,(H,17,18)/t12-/m0/s1. The fourth-order valence-electron chi connectivity index (χ4n) is 2.67. The van der Waals surface area contributed by atoms with Gasteiger partial charge in [-0.05, 0) is 31.9 Å². The van der Waals surface area contributed by atoms with Crippen LogP contribution in [-0.2, 0) is 14.6 Å². The predicted molar refractivity (Wildman–Crippen MR) is 81.5 cm³/mol. The molecule has 6 heteroatoms. The minimum Gasteiger partial charge on any atom is -0.348 e. The summed E-state index contributed by atoms with van der Waals surface area (Å²) in [5, 5.41) is 2.56. The van der Waals surface area contributed by atoms with E-state index < -0.39 is 9.84 Å². The predicted octanol–water partition coefficient (Wildman–Crippen LogP) is 2.01. The molecule has 2 rings (SSSR count). The largest absolute Gasteiger partial charge is 0.348 e. The summed E-state index contributed by atoms with van der Waals surface area (Å²) < 4.78 is 24.2. The molecule has 1 aromatic rings. The van der Waals surface area contributed by atoms with Gasteiger partial charge in [0.1, 0.15) is 0 Å². The lowest BCUT2D eigenvalue weighted by atomic mass is 10.2. The highest BCUT2D eigenvalue weighted by Gasteiger charge is 2.29. The van der Waals surface area contributed by atoms with Gasteiger partial charge >= 0.3 is 0 Å². The van der Waals surface area contributed by atoms with Crippen LogP contribution in [0.4, 0.5) is 0 Å². The number of hydrogen-bond donors (Lipinski definition) is 1. The van der Waals surface area contributed by atoms with Crippen LogP contribution in [0.3, 0.4) is 0 Å². The van der Waals surface area contributed by atoms with Gasteiger partial charge in [0.05, 0.1) is 22.7 Å². The van der Waals surface area contributed by atoms with Gasteiger partial charge in [-0.3, -0.25) is 9.78 Å². The first kappa shape index (κ1) is 15.9. The fourth-order valence-corrected chi connectivity index (χ4v) is 4.52. The number of amides is 1. The number of hydrogen-bond acceptors (Lipinski definition) is 4. The van der Waals surface area contributed by atoms with Gasteiger partial charge in [-0.25, -0.2) is 8.42 Å². The molecule has 0 saturated heterocycles. The lowest BCUT2D eigenvalue weighted by Gasteiger charge is -2.14. The van der Waals surface area contributed by atoms with Crippen LogP contribution in [0.15, 0.2) is 24.4 Å². The molecule has 0 unspecified atom stereocenters. The molecule has 5 nitrogen and oxygen atoms in total. The molecule has 0 bridgehead atoms. The number of sulfone groups is 1. The van der Waals surface area contributed by atoms with Crippen LogP contribution in [-0.4, -0.2) is 30.3 Å². The van der Waals surface area contributed by atoms with E-state index in [1.165, 1.54) is 0 Å². The van der Waals surface area contributed by atoms with Gasteiger partial charge in [-0.15, -0.1) is 0 Å². The van der Waals surface area contributed by atoms with Gasteiger partial charge in [-0.2, -0.15) is 0 Å². The van der Waals surface area contributed by atoms with Crippen LogP contribution in [0.1, 0.15) is 50.8 Å². The monoisotopic (exact) mass is 310 g/mol. The first-order chi connectivity index (χ1) is 9.99. The third kappa shape index (κ3) is 4.52. The summed E-state index contributed by atoms with van der Waals surface area (Å²) in [6.07, 6.45) is 5.14. The summed E-state index contributed by atoms with van der Waals surface area (Å²) in [5.74, 6) is -0.298. The quantitative estimate of drug-likeness (QED) is 0.872. The molecule has 0 spiro atoms. The highest BCUT2D eigenvalue weighted by atomic mass is 32.2. The topological polar surface area (TPSA) is 76.1 Å². The van der Waals surface area contributed by atoms with Crippen molar-refractivity contribution < 1.29 is 13.2 Å². The molecule has 0 radical (unpaired) electrons. The van der Waals surface area contributed by atoms with Gasteiger partial charge in [0, 0.05) is 12.6 Å². The molecule has 0 aliphatic heterocycles. The molecular formula is C15H22N2O3S. The minimum absolute atomic E-state index is 0.0238. The number of pyridine rings is 1. The van der Waals surface area contributed by atoms with Crippen LogP contribution < -0.4 is 5.32 Å². The lowest BCUT2D eigenvalue weighted by molar-refractivity contribution is -0.121. The molecule has 1 atom stereocenters. The Kier molecular flexibility index (Phi) is 5.33. The molecule has 1 amide bonds. The molecule has 1 N–H and O–H groups in total. The maximum Gasteiger partial charge on any atom is 0.221 e. The Morgan fingerprint density at radius 3 is 2.71 bits per heavy atom. The number of nitrogens with zero attached hydrogens (tertiary/aromatic N) is 1. The van der Waals surface area contributed by atoms with Crippen molar-refractivity contribution in [3.05, 3.63) is 30.1 Å². The Morgan fingerprint density at radius 2 is 2.10 bits per heavy atom. The van der Waals surface area contributed by atoms with E-state index in [2.05, 4.69) is 10.3 Å². The minimum atomic E-state index is -3.13. The fraction of sp³-hybridized carbons (Fsp3) is 0.600. The van der Waals surface area contributed by atoms with Gasteiger partial charge in [0.15, 0.2) is 9.84 Å². The molecule has 1 heterocycles. The van der Waals surface area contributed by atoms with Crippen molar-refractivity contribution in [2.45, 2.75) is 50.3 Å². The second kappa shape index (κ2) is 7.02. The van der Waals surface area contributed by atoms with Crippen LogP contribution >= 0.6 is 0 Å². The zero-order chi connectivity index (χ0) is 15.3. The average Bonchev–Trinajstić information content (AvgIpc) is 3.01. The molecule has 0 aromatic carbocycles. The van der Waals surface area contributed by atoms with Crippen molar-refractivity contribution in [1.82, 2.24) is 10.3 Å². The van der Waals surface area contributed by atoms with Crippen LogP contribution in [0, 0.1) is 0 Å². The smallest absolute Gasteiger partial charge is 0.221 e. The van der Waals surface area contributed by atoms with E-state index in [-0.39, 0.29) is 29.4 Å². The molecule has 1 fully saturated rings. The lowest BCUT2D eigenvalue weighted by Crippen LogP contribution is -2.30. The number of nitrogens with one attached hydrogen (secondary N) is 1. The van der Waals surface area contributed by atoms with E-state index in [9.17, 15) is 13.2 Å². The number of rotatable bonds is 6. The van der Waals surface area contributed by atoms with E-state index in [0.29, 0.717) is 0 Å². The summed E-state index contributed by atoms with van der Waals surface area (Å²) in [6.45, 7) is 1.84. The SMILES string of the molecule is C[C@H](NC(=O)CCS(=O)(=O)C1CCCC1)c1ccccn1. The molecule has 1 saturated carbocycles. The van der Waals surface area contributed by atoms with E-state index in [1.54, 1.807) is 6.20 Å². The highest BCUT2D eigenvalue weighted by molar-refractivity contribution is 7.92. The van der Waals surface area contributed by atoms with Gasteiger partial charge in [-0.1, -0.05) is 18.9 Å². The third-order valence-electron chi connectivity index (χ3n) is 3.93. The Balaban J connectivity index is 1.82. The van der Waals surface area contributed by atoms with Crippen molar-refractivity contribution >= 4 is 15.7 Å². The van der Waals surface area contributed by atoms with Crippen molar-refractivity contribution in [2.24, 2.45) is 0 Å².